The van der Waals surface area contributed by atoms with E-state index in [1.54, 1.807) is 13.8 Å². The molecule has 0 spiro atoms. The molecule has 2 rings (SSSR count). The zero-order valence-corrected chi connectivity index (χ0v) is 15.5. The van der Waals surface area contributed by atoms with Crippen molar-refractivity contribution in [3.63, 3.8) is 0 Å². The van der Waals surface area contributed by atoms with Gasteiger partial charge in [-0.3, -0.25) is 14.3 Å². The predicted molar refractivity (Wildman–Crippen MR) is 91.6 cm³/mol. The fourth-order valence-corrected chi connectivity index (χ4v) is 2.86. The zero-order chi connectivity index (χ0) is 22.0. The molecule has 0 saturated carbocycles. The van der Waals surface area contributed by atoms with Gasteiger partial charge in [0.25, 0.3) is 5.56 Å². The first-order chi connectivity index (χ1) is 13.4. The molecule has 29 heavy (non-hydrogen) atoms. The maximum Gasteiger partial charge on any atom is 0.416 e. The lowest BCUT2D eigenvalue weighted by Crippen LogP contribution is -2.36. The zero-order valence-electron chi connectivity index (χ0n) is 15.5. The van der Waals surface area contributed by atoms with Crippen molar-refractivity contribution in [2.24, 2.45) is 0 Å². The van der Waals surface area contributed by atoms with E-state index < -0.39 is 41.1 Å². The summed E-state index contributed by atoms with van der Waals surface area (Å²) in [6, 6.07) is 1.17. The number of nitrogens with one attached hydrogen (secondary N) is 1. The van der Waals surface area contributed by atoms with Gasteiger partial charge in [-0.25, -0.2) is 4.79 Å². The highest BCUT2D eigenvalue weighted by Crippen LogP contribution is 2.36. The SMILES string of the molecule is CCOCn1c(Cc2cc(C(F)(F)F)cc(C(F)(F)F)c2)c(CC)c(=O)[nH]c1=O. The van der Waals surface area contributed by atoms with Crippen LogP contribution in [-0.2, 0) is 36.7 Å². The number of aromatic amines is 1. The second-order valence-electron chi connectivity index (χ2n) is 6.18. The topological polar surface area (TPSA) is 64.1 Å². The summed E-state index contributed by atoms with van der Waals surface area (Å²) in [5, 5.41) is 0. The summed E-state index contributed by atoms with van der Waals surface area (Å²) >= 11 is 0. The number of aromatic nitrogens is 2. The van der Waals surface area contributed by atoms with Gasteiger partial charge in [0, 0.05) is 24.3 Å². The molecule has 2 aromatic rings. The van der Waals surface area contributed by atoms with Gasteiger partial charge >= 0.3 is 18.0 Å². The van der Waals surface area contributed by atoms with Gasteiger partial charge in [0.1, 0.15) is 6.73 Å². The largest absolute Gasteiger partial charge is 0.416 e. The Labute approximate surface area is 160 Å². The fourth-order valence-electron chi connectivity index (χ4n) is 2.86. The lowest BCUT2D eigenvalue weighted by atomic mass is 9.99. The van der Waals surface area contributed by atoms with Crippen molar-refractivity contribution >= 4 is 0 Å². The Morgan fingerprint density at radius 1 is 0.966 bits per heavy atom. The maximum absolute atomic E-state index is 13.1. The van der Waals surface area contributed by atoms with E-state index in [0.717, 1.165) is 4.57 Å². The molecule has 0 unspecified atom stereocenters. The van der Waals surface area contributed by atoms with Crippen LogP contribution in [0.3, 0.4) is 0 Å². The third kappa shape index (κ3) is 5.28. The molecule has 0 radical (unpaired) electrons. The molecular formula is C18H18F6N2O3. The van der Waals surface area contributed by atoms with Gasteiger partial charge in [-0.2, -0.15) is 26.3 Å². The van der Waals surface area contributed by atoms with Crippen molar-refractivity contribution in [3.05, 3.63) is 67.0 Å². The number of H-pyrrole nitrogens is 1. The van der Waals surface area contributed by atoms with Crippen LogP contribution in [0.25, 0.3) is 0 Å². The molecule has 0 amide bonds. The van der Waals surface area contributed by atoms with Crippen molar-refractivity contribution in [1.82, 2.24) is 9.55 Å². The number of nitrogens with zero attached hydrogens (tertiary/aromatic N) is 1. The molecular weight excluding hydrogens is 406 g/mol. The lowest BCUT2D eigenvalue weighted by molar-refractivity contribution is -0.143. The average molecular weight is 424 g/mol. The van der Waals surface area contributed by atoms with Gasteiger partial charge in [0.05, 0.1) is 11.1 Å². The van der Waals surface area contributed by atoms with E-state index in [4.69, 9.17) is 4.74 Å². The minimum atomic E-state index is -5.00. The molecule has 0 aliphatic rings. The van der Waals surface area contributed by atoms with Gasteiger partial charge in [-0.1, -0.05) is 6.92 Å². The van der Waals surface area contributed by atoms with Crippen LogP contribution in [0.15, 0.2) is 27.8 Å². The highest BCUT2D eigenvalue weighted by Gasteiger charge is 2.37. The number of hydrogen-bond acceptors (Lipinski definition) is 3. The van der Waals surface area contributed by atoms with Crippen LogP contribution in [0.2, 0.25) is 0 Å². The van der Waals surface area contributed by atoms with E-state index in [2.05, 4.69) is 4.98 Å². The van der Waals surface area contributed by atoms with Gasteiger partial charge in [-0.05, 0) is 37.1 Å². The van der Waals surface area contributed by atoms with E-state index in [1.807, 2.05) is 0 Å². The Hall–Kier alpha value is -2.56. The molecule has 160 valence electrons. The van der Waals surface area contributed by atoms with E-state index in [1.165, 1.54) is 0 Å². The van der Waals surface area contributed by atoms with Crippen LogP contribution in [0.5, 0.6) is 0 Å². The number of rotatable bonds is 6. The van der Waals surface area contributed by atoms with Gasteiger partial charge in [0.2, 0.25) is 0 Å². The summed E-state index contributed by atoms with van der Waals surface area (Å²) in [5.41, 5.74) is -4.80. The Morgan fingerprint density at radius 3 is 1.97 bits per heavy atom. The Balaban J connectivity index is 2.69. The lowest BCUT2D eigenvalue weighted by Gasteiger charge is -2.18. The Morgan fingerprint density at radius 2 is 1.52 bits per heavy atom. The van der Waals surface area contributed by atoms with Crippen molar-refractivity contribution in [2.75, 3.05) is 6.61 Å². The minimum Gasteiger partial charge on any atom is -0.361 e. The molecule has 5 nitrogen and oxygen atoms in total. The molecule has 0 fully saturated rings. The molecule has 1 aromatic heterocycles. The molecule has 0 aliphatic heterocycles. The predicted octanol–water partition coefficient (Wildman–Crippen LogP) is 3.72. The molecule has 11 heteroatoms. The first-order valence-corrected chi connectivity index (χ1v) is 8.59. The number of hydrogen-bond donors (Lipinski definition) is 1. The standard InChI is InChI=1S/C18H18F6N2O3/c1-3-13-14(26(9-29-4-2)16(28)25-15(13)27)7-10-5-11(17(19,20)21)8-12(6-10)18(22,23)24/h5-6,8H,3-4,7,9H2,1-2H3,(H,25,27,28). The molecule has 0 atom stereocenters. The van der Waals surface area contributed by atoms with E-state index >= 15 is 0 Å². The summed E-state index contributed by atoms with van der Waals surface area (Å²) in [6.45, 7) is 3.12. The van der Waals surface area contributed by atoms with Gasteiger partial charge in [0.15, 0.2) is 0 Å². The number of benzene rings is 1. The van der Waals surface area contributed by atoms with Crippen molar-refractivity contribution in [2.45, 2.75) is 45.8 Å². The summed E-state index contributed by atoms with van der Waals surface area (Å²) in [4.78, 5) is 26.3. The third-order valence-electron chi connectivity index (χ3n) is 4.21. The highest BCUT2D eigenvalue weighted by molar-refractivity contribution is 5.36. The Kier molecular flexibility index (Phi) is 6.61. The van der Waals surface area contributed by atoms with Crippen LogP contribution in [0, 0.1) is 0 Å². The number of ether oxygens (including phenoxy) is 1. The van der Waals surface area contributed by atoms with Crippen LogP contribution in [0.4, 0.5) is 26.3 Å². The molecule has 0 aliphatic carbocycles. The monoisotopic (exact) mass is 424 g/mol. The number of alkyl halides is 6. The first-order valence-electron chi connectivity index (χ1n) is 8.59. The van der Waals surface area contributed by atoms with Gasteiger partial charge in [-0.15, -0.1) is 0 Å². The second kappa shape index (κ2) is 8.44. The van der Waals surface area contributed by atoms with Crippen LogP contribution in [0.1, 0.15) is 41.8 Å². The van der Waals surface area contributed by atoms with Crippen molar-refractivity contribution in [3.8, 4) is 0 Å². The highest BCUT2D eigenvalue weighted by atomic mass is 19.4. The van der Waals surface area contributed by atoms with Crippen LogP contribution in [-0.4, -0.2) is 16.2 Å². The summed E-state index contributed by atoms with van der Waals surface area (Å²) in [7, 11) is 0. The normalized spacial score (nSPS) is 12.4. The van der Waals surface area contributed by atoms with E-state index in [0.29, 0.717) is 12.1 Å². The first kappa shape index (κ1) is 22.7. The minimum absolute atomic E-state index is 0.00199. The molecule has 1 heterocycles. The smallest absolute Gasteiger partial charge is 0.361 e. The molecule has 0 bridgehead atoms. The maximum atomic E-state index is 13.1. The average Bonchev–Trinajstić information content (AvgIpc) is 2.59. The molecule has 1 N–H and O–H groups in total. The van der Waals surface area contributed by atoms with E-state index in [9.17, 15) is 35.9 Å². The molecule has 1 aromatic carbocycles. The fraction of sp³-hybridized carbons (Fsp3) is 0.444. The van der Waals surface area contributed by atoms with Gasteiger partial charge < -0.3 is 4.74 Å². The summed E-state index contributed by atoms with van der Waals surface area (Å²) < 4.78 is 84.7. The van der Waals surface area contributed by atoms with Crippen LogP contribution >= 0.6 is 0 Å². The Bertz CT molecular complexity index is 957. The van der Waals surface area contributed by atoms with Crippen LogP contribution < -0.4 is 11.2 Å². The number of halogens is 6. The second-order valence-corrected chi connectivity index (χ2v) is 6.18. The van der Waals surface area contributed by atoms with Crippen molar-refractivity contribution < 1.29 is 31.1 Å². The summed E-state index contributed by atoms with van der Waals surface area (Å²) in [6.07, 6.45) is -10.4. The molecule has 0 saturated heterocycles. The summed E-state index contributed by atoms with van der Waals surface area (Å²) in [5.74, 6) is 0. The van der Waals surface area contributed by atoms with E-state index in [-0.39, 0.29) is 42.6 Å². The third-order valence-corrected chi connectivity index (χ3v) is 4.21. The van der Waals surface area contributed by atoms with Crippen molar-refractivity contribution in [1.29, 1.82) is 0 Å². The quantitative estimate of drug-likeness (QED) is 0.719.